The lowest BCUT2D eigenvalue weighted by Crippen LogP contribution is -2.43. The van der Waals surface area contributed by atoms with Crippen LogP contribution in [0.15, 0.2) is 23.4 Å². The molecule has 0 radical (unpaired) electrons. The number of pyridine rings is 1. The second kappa shape index (κ2) is 6.89. The molecule has 0 aromatic carbocycles. The number of amides is 1. The number of thioether (sulfide) groups is 1. The van der Waals surface area contributed by atoms with Crippen LogP contribution in [0.3, 0.4) is 0 Å². The van der Waals surface area contributed by atoms with Crippen LogP contribution in [0.25, 0.3) is 0 Å². The predicted molar refractivity (Wildman–Crippen MR) is 79.5 cm³/mol. The van der Waals surface area contributed by atoms with Crippen molar-refractivity contribution < 1.29 is 18.0 Å². The molecule has 2 atom stereocenters. The smallest absolute Gasteiger partial charge is 0.341 e. The third-order valence-electron chi connectivity index (χ3n) is 3.63. The maximum absolute atomic E-state index is 12.4. The molecule has 1 aliphatic rings. The highest BCUT2D eigenvalue weighted by Crippen LogP contribution is 2.29. The Kier molecular flexibility index (Phi) is 5.36. The number of aromatic nitrogens is 1. The van der Waals surface area contributed by atoms with E-state index in [-0.39, 0.29) is 11.7 Å². The van der Waals surface area contributed by atoms with Gasteiger partial charge in [-0.3, -0.25) is 4.79 Å². The Morgan fingerprint density at radius 3 is 2.45 bits per heavy atom. The van der Waals surface area contributed by atoms with Gasteiger partial charge in [-0.25, -0.2) is 4.98 Å². The molecule has 1 aliphatic heterocycles. The molecule has 1 aromatic heterocycles. The third kappa shape index (κ3) is 4.63. The van der Waals surface area contributed by atoms with Gasteiger partial charge >= 0.3 is 6.18 Å². The van der Waals surface area contributed by atoms with E-state index in [9.17, 15) is 18.0 Å². The van der Waals surface area contributed by atoms with E-state index in [2.05, 4.69) is 18.8 Å². The summed E-state index contributed by atoms with van der Waals surface area (Å²) >= 11 is 1.17. The molecule has 1 aromatic rings. The molecule has 3 nitrogen and oxygen atoms in total. The summed E-state index contributed by atoms with van der Waals surface area (Å²) in [6, 6.07) is 2.30. The Hall–Kier alpha value is -1.24. The second-order valence-electron chi connectivity index (χ2n) is 5.92. The summed E-state index contributed by atoms with van der Waals surface area (Å²) in [6.07, 6.45) is -2.46. The first-order chi connectivity index (χ1) is 10.3. The third-order valence-corrected chi connectivity index (χ3v) is 4.56. The topological polar surface area (TPSA) is 33.2 Å². The van der Waals surface area contributed by atoms with E-state index in [0.717, 1.165) is 31.8 Å². The summed E-state index contributed by atoms with van der Waals surface area (Å²) < 4.78 is 37.3. The summed E-state index contributed by atoms with van der Waals surface area (Å²) in [5.41, 5.74) is -0.776. The van der Waals surface area contributed by atoms with Gasteiger partial charge in [0.05, 0.1) is 16.3 Å². The van der Waals surface area contributed by atoms with E-state index in [0.29, 0.717) is 16.9 Å². The lowest BCUT2D eigenvalue weighted by atomic mass is 9.92. The zero-order valence-electron chi connectivity index (χ0n) is 12.6. The molecule has 1 fully saturated rings. The molecule has 2 heterocycles. The Morgan fingerprint density at radius 2 is 1.95 bits per heavy atom. The first-order valence-corrected chi connectivity index (χ1v) is 8.18. The van der Waals surface area contributed by atoms with Crippen LogP contribution >= 0.6 is 11.8 Å². The number of carbonyl (C=O) groups is 1. The van der Waals surface area contributed by atoms with Gasteiger partial charge in [0.25, 0.3) is 0 Å². The average molecular weight is 332 g/mol. The lowest BCUT2D eigenvalue weighted by Gasteiger charge is -2.35. The normalized spacial score (nSPS) is 22.7. The van der Waals surface area contributed by atoms with Crippen molar-refractivity contribution in [3.05, 3.63) is 23.9 Å². The van der Waals surface area contributed by atoms with Crippen LogP contribution in [-0.4, -0.2) is 34.6 Å². The highest BCUT2D eigenvalue weighted by molar-refractivity contribution is 7.99. The highest BCUT2D eigenvalue weighted by Gasteiger charge is 2.30. The predicted octanol–water partition coefficient (Wildman–Crippen LogP) is 3.70. The summed E-state index contributed by atoms with van der Waals surface area (Å²) in [6.45, 7) is 5.76. The van der Waals surface area contributed by atoms with Crippen LogP contribution < -0.4 is 0 Å². The molecule has 0 N–H and O–H groups in total. The number of piperidine rings is 1. The summed E-state index contributed by atoms with van der Waals surface area (Å²) in [4.78, 5) is 17.8. The van der Waals surface area contributed by atoms with Crippen molar-refractivity contribution in [1.82, 2.24) is 9.88 Å². The largest absolute Gasteiger partial charge is 0.417 e. The second-order valence-corrected chi connectivity index (χ2v) is 6.91. The fourth-order valence-corrected chi connectivity index (χ4v) is 3.47. The van der Waals surface area contributed by atoms with Crippen molar-refractivity contribution in [3.63, 3.8) is 0 Å². The van der Waals surface area contributed by atoms with Gasteiger partial charge in [0.2, 0.25) is 5.91 Å². The molecular formula is C15H19F3N2OS. The maximum atomic E-state index is 12.4. The van der Waals surface area contributed by atoms with Gasteiger partial charge in [-0.05, 0) is 30.4 Å². The van der Waals surface area contributed by atoms with Crippen LogP contribution in [0, 0.1) is 11.8 Å². The molecule has 2 unspecified atom stereocenters. The molecule has 2 rings (SSSR count). The zero-order valence-corrected chi connectivity index (χ0v) is 13.4. The molecule has 122 valence electrons. The van der Waals surface area contributed by atoms with Gasteiger partial charge in [0, 0.05) is 19.3 Å². The lowest BCUT2D eigenvalue weighted by molar-refractivity contribution is -0.138. The van der Waals surface area contributed by atoms with E-state index >= 15 is 0 Å². The van der Waals surface area contributed by atoms with Gasteiger partial charge in [0.1, 0.15) is 0 Å². The Balaban J connectivity index is 1.88. The van der Waals surface area contributed by atoms with Crippen LogP contribution in [0.5, 0.6) is 0 Å². The number of carbonyl (C=O) groups excluding carboxylic acids is 1. The van der Waals surface area contributed by atoms with Crippen molar-refractivity contribution in [2.75, 3.05) is 18.8 Å². The molecule has 1 saturated heterocycles. The standard InChI is InChI=1S/C15H19F3N2OS/c1-10-5-11(2)8-20(7-10)14(21)9-22-13-4-3-12(6-19-13)15(16,17)18/h3-4,6,10-11H,5,7-9H2,1-2H3. The van der Waals surface area contributed by atoms with Crippen molar-refractivity contribution >= 4 is 17.7 Å². The van der Waals surface area contributed by atoms with Crippen LogP contribution in [0.2, 0.25) is 0 Å². The van der Waals surface area contributed by atoms with E-state index in [1.54, 1.807) is 0 Å². The van der Waals surface area contributed by atoms with Gasteiger partial charge in [-0.15, -0.1) is 0 Å². The minimum absolute atomic E-state index is 0.0186. The molecule has 0 saturated carbocycles. The molecular weight excluding hydrogens is 313 g/mol. The van der Waals surface area contributed by atoms with E-state index in [4.69, 9.17) is 0 Å². The summed E-state index contributed by atoms with van der Waals surface area (Å²) in [5.74, 6) is 1.20. The number of halogens is 3. The SMILES string of the molecule is CC1CC(C)CN(C(=O)CSc2ccc(C(F)(F)F)cn2)C1. The molecule has 22 heavy (non-hydrogen) atoms. The van der Waals surface area contributed by atoms with Gasteiger partial charge < -0.3 is 4.90 Å². The minimum Gasteiger partial charge on any atom is -0.341 e. The van der Waals surface area contributed by atoms with Crippen molar-refractivity contribution in [1.29, 1.82) is 0 Å². The number of nitrogens with zero attached hydrogens (tertiary/aromatic N) is 2. The number of hydrogen-bond donors (Lipinski definition) is 0. The van der Waals surface area contributed by atoms with Gasteiger partial charge in [0.15, 0.2) is 0 Å². The first kappa shape index (κ1) is 17.1. The van der Waals surface area contributed by atoms with E-state index in [1.807, 2.05) is 4.90 Å². The number of hydrogen-bond acceptors (Lipinski definition) is 3. The van der Waals surface area contributed by atoms with Crippen LogP contribution in [0.4, 0.5) is 13.2 Å². The maximum Gasteiger partial charge on any atom is 0.417 e. The molecule has 0 aliphatic carbocycles. The van der Waals surface area contributed by atoms with Gasteiger partial charge in [-0.1, -0.05) is 25.6 Å². The highest BCUT2D eigenvalue weighted by atomic mass is 32.2. The number of likely N-dealkylation sites (tertiary alicyclic amines) is 1. The van der Waals surface area contributed by atoms with Crippen molar-refractivity contribution in [2.45, 2.75) is 31.5 Å². The zero-order chi connectivity index (χ0) is 16.3. The van der Waals surface area contributed by atoms with Crippen molar-refractivity contribution in [3.8, 4) is 0 Å². The number of rotatable bonds is 3. The fourth-order valence-electron chi connectivity index (χ4n) is 2.73. The van der Waals surface area contributed by atoms with Gasteiger partial charge in [-0.2, -0.15) is 13.2 Å². The molecule has 7 heteroatoms. The van der Waals surface area contributed by atoms with E-state index in [1.165, 1.54) is 17.8 Å². The Morgan fingerprint density at radius 1 is 1.32 bits per heavy atom. The minimum atomic E-state index is -4.38. The van der Waals surface area contributed by atoms with Crippen molar-refractivity contribution in [2.24, 2.45) is 11.8 Å². The number of alkyl halides is 3. The molecule has 0 spiro atoms. The van der Waals surface area contributed by atoms with Crippen LogP contribution in [0.1, 0.15) is 25.8 Å². The summed E-state index contributed by atoms with van der Waals surface area (Å²) in [7, 11) is 0. The Labute approximate surface area is 132 Å². The Bertz CT molecular complexity index is 509. The quantitative estimate of drug-likeness (QED) is 0.792. The van der Waals surface area contributed by atoms with E-state index < -0.39 is 11.7 Å². The summed E-state index contributed by atoms with van der Waals surface area (Å²) in [5, 5.41) is 0.430. The molecule has 1 amide bonds. The average Bonchev–Trinajstić information content (AvgIpc) is 2.43. The first-order valence-electron chi connectivity index (χ1n) is 7.19. The fraction of sp³-hybridized carbons (Fsp3) is 0.600. The monoisotopic (exact) mass is 332 g/mol. The van der Waals surface area contributed by atoms with Crippen LogP contribution in [-0.2, 0) is 11.0 Å². The molecule has 0 bridgehead atoms.